The van der Waals surface area contributed by atoms with Gasteiger partial charge in [-0.15, -0.1) is 0 Å². The third kappa shape index (κ3) is 2.70. The van der Waals surface area contributed by atoms with Crippen molar-refractivity contribution in [3.8, 4) is 0 Å². The van der Waals surface area contributed by atoms with E-state index in [0.29, 0.717) is 12.5 Å². The van der Waals surface area contributed by atoms with E-state index >= 15 is 0 Å². The molecule has 72 valence electrons. The van der Waals surface area contributed by atoms with Crippen LogP contribution >= 0.6 is 0 Å². The zero-order chi connectivity index (χ0) is 9.68. The van der Waals surface area contributed by atoms with Crippen LogP contribution in [-0.2, 0) is 6.54 Å². The summed E-state index contributed by atoms with van der Waals surface area (Å²) in [6.07, 6.45) is 7.86. The van der Waals surface area contributed by atoms with Crippen LogP contribution < -0.4 is 5.73 Å². The van der Waals surface area contributed by atoms with E-state index in [2.05, 4.69) is 29.5 Å². The molecule has 0 saturated carbocycles. The van der Waals surface area contributed by atoms with Crippen LogP contribution in [-0.4, -0.2) is 16.1 Å². The molecule has 0 bridgehead atoms. The van der Waals surface area contributed by atoms with Crippen LogP contribution in [0.3, 0.4) is 0 Å². The van der Waals surface area contributed by atoms with E-state index in [1.54, 1.807) is 0 Å². The average Bonchev–Trinajstić information content (AvgIpc) is 2.53. The predicted molar refractivity (Wildman–Crippen MR) is 54.5 cm³/mol. The highest BCUT2D eigenvalue weighted by Gasteiger charge is 2.04. The van der Waals surface area contributed by atoms with Gasteiger partial charge in [-0.3, -0.25) is 0 Å². The maximum atomic E-state index is 5.35. The van der Waals surface area contributed by atoms with Gasteiger partial charge in [0, 0.05) is 31.4 Å². The molecule has 0 unspecified atom stereocenters. The van der Waals surface area contributed by atoms with Crippen molar-refractivity contribution >= 4 is 0 Å². The molecular formula is C10H17N3. The van der Waals surface area contributed by atoms with Crippen LogP contribution in [0.1, 0.15) is 25.6 Å². The average molecular weight is 179 g/mol. The molecule has 0 fully saturated rings. The third-order valence-corrected chi connectivity index (χ3v) is 1.87. The van der Waals surface area contributed by atoms with E-state index in [9.17, 15) is 0 Å². The van der Waals surface area contributed by atoms with Gasteiger partial charge >= 0.3 is 0 Å². The van der Waals surface area contributed by atoms with E-state index in [1.165, 1.54) is 0 Å². The van der Waals surface area contributed by atoms with Crippen molar-refractivity contribution in [2.75, 3.05) is 6.54 Å². The fourth-order valence-electron chi connectivity index (χ4n) is 1.26. The molecule has 0 aliphatic rings. The first-order valence-corrected chi connectivity index (χ1v) is 4.61. The fourth-order valence-corrected chi connectivity index (χ4v) is 1.26. The maximum absolute atomic E-state index is 5.35. The predicted octanol–water partition coefficient (Wildman–Crippen LogP) is 1.52. The molecule has 0 saturated heterocycles. The van der Waals surface area contributed by atoms with Gasteiger partial charge in [0.1, 0.15) is 5.82 Å². The second-order valence-electron chi connectivity index (χ2n) is 3.30. The van der Waals surface area contributed by atoms with E-state index in [0.717, 1.165) is 12.4 Å². The normalized spacial score (nSPS) is 11.7. The van der Waals surface area contributed by atoms with Crippen LogP contribution in [0, 0.1) is 0 Å². The number of nitrogens with two attached hydrogens (primary N) is 1. The number of rotatable bonds is 4. The summed E-state index contributed by atoms with van der Waals surface area (Å²) in [5.74, 6) is 1.60. The van der Waals surface area contributed by atoms with E-state index in [4.69, 9.17) is 5.73 Å². The summed E-state index contributed by atoms with van der Waals surface area (Å²) in [6, 6.07) is 0. The van der Waals surface area contributed by atoms with E-state index < -0.39 is 0 Å². The fraction of sp³-hybridized carbons (Fsp3) is 0.500. The lowest BCUT2D eigenvalue weighted by Gasteiger charge is -2.07. The Morgan fingerprint density at radius 2 is 2.31 bits per heavy atom. The standard InChI is InChI=1S/C10H17N3/c1-9(2)10-12-6-8-13(10)7-4-3-5-11/h3-4,6,8-9H,5,7,11H2,1-2H3. The van der Waals surface area contributed by atoms with Gasteiger partial charge < -0.3 is 10.3 Å². The Kier molecular flexibility index (Phi) is 3.71. The zero-order valence-electron chi connectivity index (χ0n) is 8.27. The molecule has 0 amide bonds. The lowest BCUT2D eigenvalue weighted by molar-refractivity contribution is 0.678. The zero-order valence-corrected chi connectivity index (χ0v) is 8.27. The van der Waals surface area contributed by atoms with Crippen LogP contribution in [0.15, 0.2) is 24.5 Å². The van der Waals surface area contributed by atoms with Crippen molar-refractivity contribution in [3.05, 3.63) is 30.4 Å². The molecule has 0 atom stereocenters. The van der Waals surface area contributed by atoms with Crippen LogP contribution in [0.2, 0.25) is 0 Å². The van der Waals surface area contributed by atoms with Crippen molar-refractivity contribution in [1.29, 1.82) is 0 Å². The lowest BCUT2D eigenvalue weighted by Crippen LogP contribution is -2.03. The van der Waals surface area contributed by atoms with Crippen LogP contribution in [0.4, 0.5) is 0 Å². The summed E-state index contributed by atoms with van der Waals surface area (Å²) in [4.78, 5) is 4.29. The minimum atomic E-state index is 0.473. The summed E-state index contributed by atoms with van der Waals surface area (Å²) in [5, 5.41) is 0. The van der Waals surface area contributed by atoms with Crippen molar-refractivity contribution < 1.29 is 0 Å². The van der Waals surface area contributed by atoms with Crippen molar-refractivity contribution in [1.82, 2.24) is 9.55 Å². The minimum Gasteiger partial charge on any atom is -0.331 e. The van der Waals surface area contributed by atoms with Gasteiger partial charge in [-0.05, 0) is 0 Å². The Morgan fingerprint density at radius 1 is 1.54 bits per heavy atom. The summed E-state index contributed by atoms with van der Waals surface area (Å²) in [6.45, 7) is 5.76. The number of allylic oxidation sites excluding steroid dienone is 1. The molecule has 1 heterocycles. The topological polar surface area (TPSA) is 43.8 Å². The minimum absolute atomic E-state index is 0.473. The van der Waals surface area contributed by atoms with Gasteiger partial charge in [0.2, 0.25) is 0 Å². The molecule has 1 rings (SSSR count). The Labute approximate surface area is 79.3 Å². The first-order chi connectivity index (χ1) is 6.25. The molecule has 1 aromatic heterocycles. The van der Waals surface area contributed by atoms with Crippen molar-refractivity contribution in [3.63, 3.8) is 0 Å². The molecule has 1 aromatic rings. The van der Waals surface area contributed by atoms with E-state index in [-0.39, 0.29) is 0 Å². The highest BCUT2D eigenvalue weighted by atomic mass is 15.1. The number of nitrogens with zero attached hydrogens (tertiary/aromatic N) is 2. The van der Waals surface area contributed by atoms with Gasteiger partial charge in [0.05, 0.1) is 0 Å². The molecule has 0 spiro atoms. The Bertz CT molecular complexity index is 273. The highest BCUT2D eigenvalue weighted by Crippen LogP contribution is 2.11. The summed E-state index contributed by atoms with van der Waals surface area (Å²) >= 11 is 0. The van der Waals surface area contributed by atoms with Gasteiger partial charge in [-0.2, -0.15) is 0 Å². The molecule has 0 aliphatic carbocycles. The number of imidazole rings is 1. The Balaban J connectivity index is 2.65. The third-order valence-electron chi connectivity index (χ3n) is 1.87. The first-order valence-electron chi connectivity index (χ1n) is 4.61. The van der Waals surface area contributed by atoms with Gasteiger partial charge in [-0.1, -0.05) is 26.0 Å². The Morgan fingerprint density at radius 3 is 2.92 bits per heavy atom. The quantitative estimate of drug-likeness (QED) is 0.712. The summed E-state index contributed by atoms with van der Waals surface area (Å²) in [7, 11) is 0. The number of hydrogen-bond acceptors (Lipinski definition) is 2. The summed E-state index contributed by atoms with van der Waals surface area (Å²) in [5.41, 5.74) is 5.35. The number of aromatic nitrogens is 2. The maximum Gasteiger partial charge on any atom is 0.111 e. The molecule has 13 heavy (non-hydrogen) atoms. The molecular weight excluding hydrogens is 162 g/mol. The van der Waals surface area contributed by atoms with Crippen LogP contribution in [0.25, 0.3) is 0 Å². The second kappa shape index (κ2) is 4.82. The molecule has 3 nitrogen and oxygen atoms in total. The SMILES string of the molecule is CC(C)c1nccn1CC=CCN. The first kappa shape index (κ1) is 9.99. The van der Waals surface area contributed by atoms with Crippen molar-refractivity contribution in [2.45, 2.75) is 26.3 Å². The van der Waals surface area contributed by atoms with Crippen molar-refractivity contribution in [2.24, 2.45) is 5.73 Å². The Hall–Kier alpha value is -1.09. The van der Waals surface area contributed by atoms with Gasteiger partial charge in [0.15, 0.2) is 0 Å². The summed E-state index contributed by atoms with van der Waals surface area (Å²) < 4.78 is 2.14. The molecule has 2 N–H and O–H groups in total. The smallest absolute Gasteiger partial charge is 0.111 e. The number of hydrogen-bond donors (Lipinski definition) is 1. The monoisotopic (exact) mass is 179 g/mol. The molecule has 0 radical (unpaired) electrons. The molecule has 0 aliphatic heterocycles. The second-order valence-corrected chi connectivity index (χ2v) is 3.30. The van der Waals surface area contributed by atoms with Gasteiger partial charge in [-0.25, -0.2) is 4.98 Å². The molecule has 0 aromatic carbocycles. The van der Waals surface area contributed by atoms with E-state index in [1.807, 2.05) is 18.5 Å². The lowest BCUT2D eigenvalue weighted by atomic mass is 10.2. The van der Waals surface area contributed by atoms with Crippen LogP contribution in [0.5, 0.6) is 0 Å². The largest absolute Gasteiger partial charge is 0.331 e. The molecule has 3 heteroatoms. The highest BCUT2D eigenvalue weighted by molar-refractivity contribution is 4.99. The van der Waals surface area contributed by atoms with Gasteiger partial charge in [0.25, 0.3) is 0 Å².